The van der Waals surface area contributed by atoms with Crippen molar-refractivity contribution in [1.82, 2.24) is 14.8 Å². The smallest absolute Gasteiger partial charge is 0.220 e. The molecule has 0 radical (unpaired) electrons. The fourth-order valence-corrected chi connectivity index (χ4v) is 3.32. The molecule has 0 saturated carbocycles. The van der Waals surface area contributed by atoms with Gasteiger partial charge in [0.1, 0.15) is 5.75 Å². The third-order valence-electron chi connectivity index (χ3n) is 4.50. The minimum absolute atomic E-state index is 0.00377. The van der Waals surface area contributed by atoms with Gasteiger partial charge in [0.25, 0.3) is 0 Å². The van der Waals surface area contributed by atoms with Gasteiger partial charge >= 0.3 is 0 Å². The zero-order chi connectivity index (χ0) is 16.9. The highest BCUT2D eigenvalue weighted by atomic mass is 16.5. The van der Waals surface area contributed by atoms with Crippen LogP contribution in [0.25, 0.3) is 0 Å². The van der Waals surface area contributed by atoms with Gasteiger partial charge in [0.05, 0.1) is 13.2 Å². The summed E-state index contributed by atoms with van der Waals surface area (Å²) < 4.78 is 5.51. The largest absolute Gasteiger partial charge is 0.496 e. The molecular weight excluding hydrogens is 302 g/mol. The quantitative estimate of drug-likeness (QED) is 0.866. The fraction of sp³-hybridized carbons (Fsp3) is 0.368. The van der Waals surface area contributed by atoms with Crippen molar-refractivity contribution in [2.75, 3.05) is 26.7 Å². The lowest BCUT2D eigenvalue weighted by molar-refractivity contribution is -0.134. The zero-order valence-electron chi connectivity index (χ0n) is 14.2. The summed E-state index contributed by atoms with van der Waals surface area (Å²) in [6.45, 7) is 4.84. The van der Waals surface area contributed by atoms with Crippen LogP contribution in [0.15, 0.2) is 48.8 Å². The molecule has 1 amide bonds. The van der Waals surface area contributed by atoms with Crippen LogP contribution in [-0.2, 0) is 11.3 Å². The van der Waals surface area contributed by atoms with Gasteiger partial charge in [-0.05, 0) is 17.7 Å². The number of benzene rings is 1. The summed E-state index contributed by atoms with van der Waals surface area (Å²) in [5, 5.41) is 0. The molecule has 0 bridgehead atoms. The summed E-state index contributed by atoms with van der Waals surface area (Å²) in [4.78, 5) is 20.6. The summed E-state index contributed by atoms with van der Waals surface area (Å²) in [5.41, 5.74) is 2.25. The van der Waals surface area contributed by atoms with Gasteiger partial charge in [0, 0.05) is 51.1 Å². The Morgan fingerprint density at radius 3 is 2.79 bits per heavy atom. The molecule has 2 heterocycles. The molecule has 0 spiro atoms. The van der Waals surface area contributed by atoms with Gasteiger partial charge in [-0.3, -0.25) is 14.7 Å². The number of hydrogen-bond donors (Lipinski definition) is 0. The lowest BCUT2D eigenvalue weighted by Gasteiger charge is -2.41. The van der Waals surface area contributed by atoms with E-state index in [9.17, 15) is 4.79 Å². The van der Waals surface area contributed by atoms with E-state index in [1.807, 2.05) is 41.4 Å². The van der Waals surface area contributed by atoms with Gasteiger partial charge in [0.2, 0.25) is 5.91 Å². The van der Waals surface area contributed by atoms with Gasteiger partial charge in [0.15, 0.2) is 0 Å². The number of carbonyl (C=O) groups is 1. The van der Waals surface area contributed by atoms with Crippen molar-refractivity contribution in [3.05, 3.63) is 59.9 Å². The van der Waals surface area contributed by atoms with E-state index in [4.69, 9.17) is 4.74 Å². The Hall–Kier alpha value is -2.40. The maximum absolute atomic E-state index is 12.1. The van der Waals surface area contributed by atoms with Crippen LogP contribution in [0.2, 0.25) is 0 Å². The number of para-hydroxylation sites is 1. The standard InChI is InChI=1S/C19H23N3O2/c1-15(23)22-11-10-21(13-16-6-5-9-20-12-16)14-18(22)17-7-3-4-8-19(17)24-2/h3-9,12,18H,10-11,13-14H2,1-2H3. The molecule has 1 saturated heterocycles. The van der Waals surface area contributed by atoms with Crippen molar-refractivity contribution < 1.29 is 9.53 Å². The second-order valence-corrected chi connectivity index (χ2v) is 6.07. The molecule has 1 unspecified atom stereocenters. The van der Waals surface area contributed by atoms with Crippen LogP contribution in [0.5, 0.6) is 5.75 Å². The average Bonchev–Trinajstić information content (AvgIpc) is 2.62. The van der Waals surface area contributed by atoms with E-state index in [0.29, 0.717) is 0 Å². The van der Waals surface area contributed by atoms with Crippen molar-refractivity contribution in [2.45, 2.75) is 19.5 Å². The topological polar surface area (TPSA) is 45.7 Å². The molecular formula is C19H23N3O2. The van der Waals surface area contributed by atoms with Crippen LogP contribution in [-0.4, -0.2) is 47.4 Å². The molecule has 5 nitrogen and oxygen atoms in total. The normalized spacial score (nSPS) is 18.4. The van der Waals surface area contributed by atoms with E-state index in [-0.39, 0.29) is 11.9 Å². The first-order chi connectivity index (χ1) is 11.7. The average molecular weight is 325 g/mol. The van der Waals surface area contributed by atoms with Gasteiger partial charge in [-0.15, -0.1) is 0 Å². The summed E-state index contributed by atoms with van der Waals surface area (Å²) in [6, 6.07) is 12.0. The molecule has 1 aliphatic heterocycles. The number of amides is 1. The van der Waals surface area contributed by atoms with Crippen LogP contribution < -0.4 is 4.74 Å². The van der Waals surface area contributed by atoms with Crippen LogP contribution in [0.4, 0.5) is 0 Å². The van der Waals surface area contributed by atoms with E-state index >= 15 is 0 Å². The molecule has 0 aliphatic carbocycles. The molecule has 1 aromatic heterocycles. The highest BCUT2D eigenvalue weighted by molar-refractivity contribution is 5.74. The van der Waals surface area contributed by atoms with Gasteiger partial charge in [-0.1, -0.05) is 24.3 Å². The maximum atomic E-state index is 12.1. The summed E-state index contributed by atoms with van der Waals surface area (Å²) in [6.07, 6.45) is 3.68. The van der Waals surface area contributed by atoms with E-state index in [2.05, 4.69) is 16.0 Å². The van der Waals surface area contributed by atoms with E-state index in [1.165, 1.54) is 5.56 Å². The van der Waals surface area contributed by atoms with Crippen LogP contribution in [0.3, 0.4) is 0 Å². The van der Waals surface area contributed by atoms with Crippen molar-refractivity contribution >= 4 is 5.91 Å². The summed E-state index contributed by atoms with van der Waals surface area (Å²) >= 11 is 0. The molecule has 5 heteroatoms. The number of aromatic nitrogens is 1. The molecule has 0 N–H and O–H groups in total. The second kappa shape index (κ2) is 7.45. The Labute approximate surface area is 142 Å². The predicted octanol–water partition coefficient (Wildman–Crippen LogP) is 2.50. The Morgan fingerprint density at radius 1 is 1.25 bits per heavy atom. The van der Waals surface area contributed by atoms with E-state index < -0.39 is 0 Å². The third kappa shape index (κ3) is 3.57. The van der Waals surface area contributed by atoms with Crippen molar-refractivity contribution in [1.29, 1.82) is 0 Å². The first-order valence-corrected chi connectivity index (χ1v) is 8.20. The molecule has 3 rings (SSSR count). The zero-order valence-corrected chi connectivity index (χ0v) is 14.2. The summed E-state index contributed by atoms with van der Waals surface area (Å²) in [5.74, 6) is 0.934. The molecule has 24 heavy (non-hydrogen) atoms. The predicted molar refractivity (Wildman–Crippen MR) is 92.6 cm³/mol. The monoisotopic (exact) mass is 325 g/mol. The van der Waals surface area contributed by atoms with E-state index in [0.717, 1.165) is 37.5 Å². The second-order valence-electron chi connectivity index (χ2n) is 6.07. The first-order valence-electron chi connectivity index (χ1n) is 8.20. The van der Waals surface area contributed by atoms with Crippen LogP contribution >= 0.6 is 0 Å². The maximum Gasteiger partial charge on any atom is 0.220 e. The highest BCUT2D eigenvalue weighted by Crippen LogP contribution is 2.32. The number of piperazine rings is 1. The van der Waals surface area contributed by atoms with Crippen LogP contribution in [0, 0.1) is 0 Å². The minimum Gasteiger partial charge on any atom is -0.496 e. The lowest BCUT2D eigenvalue weighted by Crippen LogP contribution is -2.49. The first kappa shape index (κ1) is 16.5. The van der Waals surface area contributed by atoms with Gasteiger partial charge in [-0.25, -0.2) is 0 Å². The number of pyridine rings is 1. The number of methoxy groups -OCH3 is 1. The van der Waals surface area contributed by atoms with Crippen molar-refractivity contribution in [2.24, 2.45) is 0 Å². The molecule has 1 aliphatic rings. The molecule has 1 atom stereocenters. The number of nitrogens with zero attached hydrogens (tertiary/aromatic N) is 3. The fourth-order valence-electron chi connectivity index (χ4n) is 3.32. The molecule has 1 aromatic carbocycles. The molecule has 126 valence electrons. The molecule has 1 fully saturated rings. The number of hydrogen-bond acceptors (Lipinski definition) is 4. The SMILES string of the molecule is COc1ccccc1C1CN(Cc2cccnc2)CCN1C(C)=O. The number of ether oxygens (including phenoxy) is 1. The van der Waals surface area contributed by atoms with Gasteiger partial charge in [-0.2, -0.15) is 0 Å². The number of rotatable bonds is 4. The Balaban J connectivity index is 1.83. The Bertz CT molecular complexity index is 690. The lowest BCUT2D eigenvalue weighted by atomic mass is 10.0. The summed E-state index contributed by atoms with van der Waals surface area (Å²) in [7, 11) is 1.67. The minimum atomic E-state index is 0.00377. The van der Waals surface area contributed by atoms with Crippen molar-refractivity contribution in [3.8, 4) is 5.75 Å². The highest BCUT2D eigenvalue weighted by Gasteiger charge is 2.31. The van der Waals surface area contributed by atoms with E-state index in [1.54, 1.807) is 20.2 Å². The third-order valence-corrected chi connectivity index (χ3v) is 4.50. The van der Waals surface area contributed by atoms with Gasteiger partial charge < -0.3 is 9.64 Å². The Kier molecular flexibility index (Phi) is 5.11. The number of carbonyl (C=O) groups excluding carboxylic acids is 1. The molecule has 2 aromatic rings. The van der Waals surface area contributed by atoms with Crippen molar-refractivity contribution in [3.63, 3.8) is 0 Å². The Morgan fingerprint density at radius 2 is 2.08 bits per heavy atom. The van der Waals surface area contributed by atoms with Crippen LogP contribution in [0.1, 0.15) is 24.1 Å².